The van der Waals surface area contributed by atoms with Crippen molar-refractivity contribution in [1.29, 1.82) is 0 Å². The fraction of sp³-hybridized carbons (Fsp3) is 0.778. The number of carbonyl (C=O) groups is 2. The molecule has 1 atom stereocenters. The van der Waals surface area contributed by atoms with Gasteiger partial charge in [0.15, 0.2) is 0 Å². The summed E-state index contributed by atoms with van der Waals surface area (Å²) in [5.41, 5.74) is 0. The summed E-state index contributed by atoms with van der Waals surface area (Å²) in [6, 6.07) is 0. The largest absolute Gasteiger partial charge is 1.00 e. The van der Waals surface area contributed by atoms with Crippen molar-refractivity contribution in [3.63, 3.8) is 0 Å². The molecule has 0 aromatic rings. The van der Waals surface area contributed by atoms with Crippen LogP contribution in [-0.2, 0) is 9.59 Å². The fourth-order valence-electron chi connectivity index (χ4n) is 2.95. The number of hydrogen-bond acceptors (Lipinski definition) is 4. The molecule has 0 saturated heterocycles. The van der Waals surface area contributed by atoms with Crippen LogP contribution in [0.5, 0.6) is 0 Å². The molecule has 0 saturated carbocycles. The molecule has 0 radical (unpaired) electrons. The summed E-state index contributed by atoms with van der Waals surface area (Å²) in [7, 11) is 0. The molecule has 0 fully saturated rings. The van der Waals surface area contributed by atoms with Gasteiger partial charge in [-0.05, 0) is 19.3 Å². The predicted molar refractivity (Wildman–Crippen MR) is 91.2 cm³/mol. The average Bonchev–Trinajstić information content (AvgIpc) is 2.50. The zero-order chi connectivity index (χ0) is 18.3. The van der Waals surface area contributed by atoms with E-state index in [4.69, 9.17) is 5.11 Å². The fourth-order valence-corrected chi connectivity index (χ4v) is 2.95. The maximum atomic E-state index is 10.8. The molecule has 7 heteroatoms. The van der Waals surface area contributed by atoms with Crippen LogP contribution in [0, 0.1) is 0 Å². The second-order valence-corrected chi connectivity index (χ2v) is 6.33. The summed E-state index contributed by atoms with van der Waals surface area (Å²) in [6.07, 6.45) is 9.54. The van der Waals surface area contributed by atoms with Crippen molar-refractivity contribution >= 4 is 11.9 Å². The van der Waals surface area contributed by atoms with Crippen molar-refractivity contribution in [2.45, 2.75) is 58.3 Å². The number of allylic oxidation sites excluding steroid dienone is 2. The van der Waals surface area contributed by atoms with Crippen LogP contribution in [0.25, 0.3) is 0 Å². The Morgan fingerprint density at radius 3 is 2.04 bits per heavy atom. The molecule has 0 aromatic carbocycles. The molecule has 0 spiro atoms. The van der Waals surface area contributed by atoms with Gasteiger partial charge < -0.3 is 24.6 Å². The molecule has 6 nitrogen and oxygen atoms in total. The Kier molecular flexibility index (Phi) is 19.4. The van der Waals surface area contributed by atoms with E-state index in [0.717, 1.165) is 32.2 Å². The monoisotopic (exact) mass is 382 g/mol. The topological polar surface area (TPSA) is 97.7 Å². The van der Waals surface area contributed by atoms with Crippen molar-refractivity contribution < 1.29 is 80.8 Å². The van der Waals surface area contributed by atoms with Crippen LogP contribution in [0.2, 0.25) is 0 Å². The van der Waals surface area contributed by atoms with E-state index in [2.05, 4.69) is 19.1 Å². The number of aliphatic hydroxyl groups excluding tert-OH is 1. The van der Waals surface area contributed by atoms with Crippen LogP contribution in [0.4, 0.5) is 0 Å². The van der Waals surface area contributed by atoms with E-state index in [-0.39, 0.29) is 70.8 Å². The van der Waals surface area contributed by atoms with Crippen LogP contribution in [-0.4, -0.2) is 59.4 Å². The molecule has 0 aromatic heterocycles. The number of aliphatic hydroxyl groups is 1. The molecule has 25 heavy (non-hydrogen) atoms. The van der Waals surface area contributed by atoms with Crippen LogP contribution < -0.4 is 56.5 Å². The van der Waals surface area contributed by atoms with Gasteiger partial charge in [0.05, 0.1) is 32.7 Å². The number of nitrogens with zero attached hydrogens (tertiary/aromatic N) is 1. The third-order valence-electron chi connectivity index (χ3n) is 4.24. The molecule has 0 aliphatic rings. The minimum absolute atomic E-state index is 0. The van der Waals surface area contributed by atoms with E-state index in [1.165, 1.54) is 0 Å². The van der Waals surface area contributed by atoms with Gasteiger partial charge in [-0.3, -0.25) is 4.79 Å². The maximum Gasteiger partial charge on any atom is 1.00 e. The smallest absolute Gasteiger partial charge is 0.550 e. The molecule has 1 unspecified atom stereocenters. The van der Waals surface area contributed by atoms with Gasteiger partial charge in [0.25, 0.3) is 0 Å². The van der Waals surface area contributed by atoms with Crippen molar-refractivity contribution in [3.8, 4) is 0 Å². The number of unbranched alkanes of at least 4 members (excludes halogenated alkanes) is 2. The second kappa shape index (κ2) is 17.6. The zero-order valence-corrected chi connectivity index (χ0v) is 19.0. The van der Waals surface area contributed by atoms with Gasteiger partial charge in [-0.1, -0.05) is 25.5 Å². The number of carboxylic acids is 2. The Morgan fingerprint density at radius 2 is 1.52 bits per heavy atom. The number of hydrogen-bond donors (Lipinski definition) is 2. The van der Waals surface area contributed by atoms with E-state index in [0.29, 0.717) is 37.0 Å². The van der Waals surface area contributed by atoms with Crippen molar-refractivity contribution in [2.75, 3.05) is 32.8 Å². The number of carboxylic acid groups (broad SMARTS) is 2. The summed E-state index contributed by atoms with van der Waals surface area (Å²) < 4.78 is 0.582. The number of rotatable bonds is 16. The third-order valence-corrected chi connectivity index (χ3v) is 4.24. The molecule has 0 amide bonds. The van der Waals surface area contributed by atoms with Crippen molar-refractivity contribution in [2.24, 2.45) is 0 Å². The van der Waals surface area contributed by atoms with Crippen LogP contribution in [0.1, 0.15) is 58.3 Å². The van der Waals surface area contributed by atoms with Crippen LogP contribution >= 0.6 is 0 Å². The van der Waals surface area contributed by atoms with Gasteiger partial charge >= 0.3 is 57.4 Å². The molecule has 0 aliphatic heterocycles. The summed E-state index contributed by atoms with van der Waals surface area (Å²) in [5.74, 6) is -1.89. The molecule has 0 aliphatic carbocycles. The Hall–Kier alpha value is 0.236. The Labute approximate surface area is 194 Å². The Bertz CT molecular complexity index is 368. The number of aliphatic carboxylic acids is 2. The average molecular weight is 383 g/mol. The van der Waals surface area contributed by atoms with Crippen LogP contribution in [0.3, 0.4) is 0 Å². The van der Waals surface area contributed by atoms with Crippen molar-refractivity contribution in [1.82, 2.24) is 0 Å². The van der Waals surface area contributed by atoms with E-state index in [1.807, 2.05) is 0 Å². The standard InChI is InChI=1S/C18H33NO5.K/c1-2-3-4-5-6-7-12-19(15-16-20,13-8-10-17(21)22)14-9-11-18(23)24;/h4-5,20H,2-3,6-16H2,1H3,(H-,21,22,23,24);/q;+1/b5-4+;. The van der Waals surface area contributed by atoms with E-state index in [9.17, 15) is 19.8 Å². The predicted octanol–water partition coefficient (Wildman–Crippen LogP) is -1.67. The minimum atomic E-state index is -1.06. The zero-order valence-electron chi connectivity index (χ0n) is 15.9. The molecule has 140 valence electrons. The first-order chi connectivity index (χ1) is 11.5. The second-order valence-electron chi connectivity index (χ2n) is 6.33. The molecular weight excluding hydrogens is 349 g/mol. The van der Waals surface area contributed by atoms with Gasteiger partial charge in [0, 0.05) is 25.2 Å². The van der Waals surface area contributed by atoms with Crippen LogP contribution in [0.15, 0.2) is 12.2 Å². The minimum Gasteiger partial charge on any atom is -0.550 e. The summed E-state index contributed by atoms with van der Waals surface area (Å²) in [4.78, 5) is 21.4. The molecule has 0 rings (SSSR count). The maximum absolute atomic E-state index is 10.8. The van der Waals surface area contributed by atoms with E-state index < -0.39 is 11.9 Å². The van der Waals surface area contributed by atoms with Crippen molar-refractivity contribution in [3.05, 3.63) is 12.2 Å². The van der Waals surface area contributed by atoms with Gasteiger partial charge in [-0.25, -0.2) is 0 Å². The molecule has 0 heterocycles. The first-order valence-corrected chi connectivity index (χ1v) is 8.98. The van der Waals surface area contributed by atoms with E-state index >= 15 is 0 Å². The Morgan fingerprint density at radius 1 is 0.960 bits per heavy atom. The summed E-state index contributed by atoms with van der Waals surface area (Å²) in [5, 5.41) is 28.9. The number of quaternary nitrogens is 1. The summed E-state index contributed by atoms with van der Waals surface area (Å²) >= 11 is 0. The normalized spacial score (nSPS) is 13.4. The van der Waals surface area contributed by atoms with Gasteiger partial charge in [-0.15, -0.1) is 0 Å². The van der Waals surface area contributed by atoms with Gasteiger partial charge in [0.1, 0.15) is 6.54 Å². The number of carbonyl (C=O) groups excluding carboxylic acids is 1. The SMILES string of the molecule is CCC/C=C/CCC[N+](CCO)(CCCC(=O)[O-])CCCC(=O)O.[K+]. The summed E-state index contributed by atoms with van der Waals surface area (Å²) in [6.45, 7) is 4.79. The third kappa shape index (κ3) is 16.2. The first kappa shape index (κ1) is 27.5. The Balaban J connectivity index is 0. The van der Waals surface area contributed by atoms with E-state index in [1.54, 1.807) is 0 Å². The van der Waals surface area contributed by atoms with Gasteiger partial charge in [-0.2, -0.15) is 0 Å². The quantitative estimate of drug-likeness (QED) is 0.144. The molecule has 2 N–H and O–H groups in total. The molecular formula is C18H33KNO5+. The first-order valence-electron chi connectivity index (χ1n) is 8.98. The van der Waals surface area contributed by atoms with Gasteiger partial charge in [0.2, 0.25) is 0 Å². The molecule has 0 bridgehead atoms.